The Balaban J connectivity index is 1.59. The summed E-state index contributed by atoms with van der Waals surface area (Å²) in [5.41, 5.74) is 5.01. The number of esters is 1. The number of nitrogens with zero attached hydrogens (tertiary/aromatic N) is 4. The van der Waals surface area contributed by atoms with E-state index in [1.807, 2.05) is 55.6 Å². The van der Waals surface area contributed by atoms with Crippen LogP contribution in [0.1, 0.15) is 73.6 Å². The number of rotatable bonds is 8. The zero-order chi connectivity index (χ0) is 26.4. The van der Waals surface area contributed by atoms with E-state index < -0.39 is 6.04 Å². The van der Waals surface area contributed by atoms with Gasteiger partial charge in [-0.25, -0.2) is 14.8 Å². The molecule has 0 bridgehead atoms. The molecule has 5 aromatic rings. The molecule has 6 rings (SSSR count). The van der Waals surface area contributed by atoms with Crippen LogP contribution >= 0.6 is 0 Å². The first-order valence-corrected chi connectivity index (χ1v) is 13.2. The number of carbonyl (C=O) groups is 1. The first-order valence-electron chi connectivity index (χ1n) is 13.2. The molecule has 1 unspecified atom stereocenters. The molecule has 0 aliphatic heterocycles. The van der Waals surface area contributed by atoms with Gasteiger partial charge in [0.15, 0.2) is 5.65 Å². The van der Waals surface area contributed by atoms with Gasteiger partial charge in [-0.15, -0.1) is 0 Å². The van der Waals surface area contributed by atoms with E-state index in [-0.39, 0.29) is 30.7 Å². The molecule has 1 fully saturated rings. The molecule has 0 spiro atoms. The lowest BCUT2D eigenvalue weighted by Crippen LogP contribution is -2.31. The van der Waals surface area contributed by atoms with Gasteiger partial charge in [0.05, 0.1) is 31.3 Å². The predicted octanol–water partition coefficient (Wildman–Crippen LogP) is 5.41. The molecule has 0 radical (unpaired) electrons. The summed E-state index contributed by atoms with van der Waals surface area (Å²) in [5, 5.41) is 1.11. The van der Waals surface area contributed by atoms with Crippen molar-refractivity contribution in [3.63, 3.8) is 0 Å². The molecular weight excluding hydrogens is 478 g/mol. The molecule has 1 aliphatic rings. The first-order chi connectivity index (χ1) is 18.5. The average molecular weight is 510 g/mol. The zero-order valence-corrected chi connectivity index (χ0v) is 21.8. The maximum absolute atomic E-state index is 14.4. The Kier molecular flexibility index (Phi) is 6.10. The number of aromatic amines is 1. The van der Waals surface area contributed by atoms with Crippen LogP contribution in [0.2, 0.25) is 0 Å². The average Bonchev–Trinajstić information content (AvgIpc) is 3.61. The van der Waals surface area contributed by atoms with Crippen LogP contribution in [0.4, 0.5) is 0 Å². The van der Waals surface area contributed by atoms with Gasteiger partial charge in [0.25, 0.3) is 0 Å². The van der Waals surface area contributed by atoms with Crippen LogP contribution in [-0.2, 0) is 9.53 Å². The van der Waals surface area contributed by atoms with Crippen molar-refractivity contribution >= 4 is 28.0 Å². The highest BCUT2D eigenvalue weighted by molar-refractivity contribution is 5.87. The Labute approximate surface area is 220 Å². The van der Waals surface area contributed by atoms with Crippen LogP contribution in [0.5, 0.6) is 0 Å². The lowest BCUT2D eigenvalue weighted by Gasteiger charge is -2.18. The summed E-state index contributed by atoms with van der Waals surface area (Å²) in [5.74, 6) is 0.716. The maximum Gasteiger partial charge on any atom is 0.331 e. The minimum absolute atomic E-state index is 0.0280. The SMILES string of the molecule is CCOC(=O)C[C@H](c1ccccc1)n1c(=O)n(C(C)c2c[nH]c3cccc(C)c23)c2cnc(C3CC3)nc21. The van der Waals surface area contributed by atoms with Crippen molar-refractivity contribution in [3.8, 4) is 0 Å². The van der Waals surface area contributed by atoms with E-state index >= 15 is 0 Å². The monoisotopic (exact) mass is 509 g/mol. The third-order valence-electron chi connectivity index (χ3n) is 7.55. The highest BCUT2D eigenvalue weighted by Gasteiger charge is 2.32. The summed E-state index contributed by atoms with van der Waals surface area (Å²) in [7, 11) is 0. The molecule has 194 valence electrons. The Bertz CT molecular complexity index is 1690. The minimum Gasteiger partial charge on any atom is -0.466 e. The summed E-state index contributed by atoms with van der Waals surface area (Å²) in [6.07, 6.45) is 5.88. The molecule has 3 heterocycles. The van der Waals surface area contributed by atoms with E-state index in [2.05, 4.69) is 23.0 Å². The van der Waals surface area contributed by atoms with Crippen LogP contribution in [0.15, 0.2) is 65.7 Å². The molecule has 1 N–H and O–H groups in total. The van der Waals surface area contributed by atoms with Crippen molar-refractivity contribution in [2.24, 2.45) is 0 Å². The highest BCUT2D eigenvalue weighted by atomic mass is 16.5. The van der Waals surface area contributed by atoms with E-state index in [1.165, 1.54) is 0 Å². The number of fused-ring (bicyclic) bond motifs is 2. The summed E-state index contributed by atoms with van der Waals surface area (Å²) in [4.78, 5) is 40.1. The number of hydrogen-bond donors (Lipinski definition) is 1. The standard InChI is InChI=1S/C30H31N5O3/c1-4-38-26(36)15-24(20-10-6-5-7-11-20)35-29-25(17-32-28(33-29)21-13-14-21)34(30(35)37)19(3)22-16-31-23-12-8-9-18(2)27(22)23/h5-12,16-17,19,21,24,31H,4,13-15H2,1-3H3/t19?,24-/m1/s1. The number of hydrogen-bond acceptors (Lipinski definition) is 5. The van der Waals surface area contributed by atoms with Crippen LogP contribution in [-0.4, -0.2) is 36.7 Å². The second-order valence-corrected chi connectivity index (χ2v) is 10.1. The number of H-pyrrole nitrogens is 1. The van der Waals surface area contributed by atoms with Crippen LogP contribution < -0.4 is 5.69 Å². The molecule has 1 aliphatic carbocycles. The molecule has 8 heteroatoms. The molecule has 8 nitrogen and oxygen atoms in total. The molecule has 0 saturated heterocycles. The lowest BCUT2D eigenvalue weighted by molar-refractivity contribution is -0.143. The third-order valence-corrected chi connectivity index (χ3v) is 7.55. The molecule has 2 atom stereocenters. The molecular formula is C30H31N5O3. The number of ether oxygens (including phenoxy) is 1. The van der Waals surface area contributed by atoms with E-state index in [0.29, 0.717) is 17.1 Å². The van der Waals surface area contributed by atoms with Crippen LogP contribution in [0, 0.1) is 6.92 Å². The van der Waals surface area contributed by atoms with Gasteiger partial charge >= 0.3 is 11.7 Å². The van der Waals surface area contributed by atoms with Gasteiger partial charge < -0.3 is 9.72 Å². The van der Waals surface area contributed by atoms with Gasteiger partial charge in [-0.1, -0.05) is 42.5 Å². The van der Waals surface area contributed by atoms with E-state index in [1.54, 1.807) is 22.3 Å². The van der Waals surface area contributed by atoms with Gasteiger partial charge in [-0.05, 0) is 50.8 Å². The van der Waals surface area contributed by atoms with Gasteiger partial charge in [0.1, 0.15) is 11.3 Å². The second kappa shape index (κ2) is 9.59. The third kappa shape index (κ3) is 4.10. The number of aryl methyl sites for hydroxylation is 1. The largest absolute Gasteiger partial charge is 0.466 e. The highest BCUT2D eigenvalue weighted by Crippen LogP contribution is 2.39. The van der Waals surface area contributed by atoms with Crippen LogP contribution in [0.25, 0.3) is 22.1 Å². The number of benzene rings is 2. The fourth-order valence-electron chi connectivity index (χ4n) is 5.51. The van der Waals surface area contributed by atoms with Crippen molar-refractivity contribution in [2.45, 2.75) is 58.0 Å². The predicted molar refractivity (Wildman–Crippen MR) is 146 cm³/mol. The van der Waals surface area contributed by atoms with E-state index in [9.17, 15) is 9.59 Å². The van der Waals surface area contributed by atoms with Crippen LogP contribution in [0.3, 0.4) is 0 Å². The van der Waals surface area contributed by atoms with Crippen molar-refractivity contribution in [1.29, 1.82) is 0 Å². The summed E-state index contributed by atoms with van der Waals surface area (Å²) in [6.45, 7) is 6.17. The van der Waals surface area contributed by atoms with Gasteiger partial charge in [-0.2, -0.15) is 0 Å². The quantitative estimate of drug-likeness (QED) is 0.282. The number of carbonyl (C=O) groups excluding carboxylic acids is 1. The first kappa shape index (κ1) is 24.2. The smallest absolute Gasteiger partial charge is 0.331 e. The minimum atomic E-state index is -0.564. The summed E-state index contributed by atoms with van der Waals surface area (Å²) >= 11 is 0. The Morgan fingerprint density at radius 2 is 1.92 bits per heavy atom. The fourth-order valence-corrected chi connectivity index (χ4v) is 5.51. The molecule has 2 aromatic carbocycles. The topological polar surface area (TPSA) is 94.8 Å². The zero-order valence-electron chi connectivity index (χ0n) is 21.8. The number of imidazole rings is 1. The Morgan fingerprint density at radius 3 is 2.66 bits per heavy atom. The Morgan fingerprint density at radius 1 is 1.13 bits per heavy atom. The second-order valence-electron chi connectivity index (χ2n) is 10.1. The lowest BCUT2D eigenvalue weighted by atomic mass is 10.0. The maximum atomic E-state index is 14.4. The molecule has 0 amide bonds. The number of nitrogens with one attached hydrogen (secondary N) is 1. The molecule has 3 aromatic heterocycles. The summed E-state index contributed by atoms with van der Waals surface area (Å²) < 4.78 is 8.76. The van der Waals surface area contributed by atoms with Gasteiger partial charge in [0.2, 0.25) is 0 Å². The summed E-state index contributed by atoms with van der Waals surface area (Å²) in [6, 6.07) is 14.9. The fraction of sp³-hybridized carbons (Fsp3) is 0.333. The van der Waals surface area contributed by atoms with Gasteiger partial charge in [-0.3, -0.25) is 13.9 Å². The normalized spacial score (nSPS) is 15.1. The van der Waals surface area contributed by atoms with Crippen molar-refractivity contribution in [1.82, 2.24) is 24.1 Å². The van der Waals surface area contributed by atoms with E-state index in [4.69, 9.17) is 9.72 Å². The molecule has 38 heavy (non-hydrogen) atoms. The Hall–Kier alpha value is -4.20. The number of aromatic nitrogens is 5. The van der Waals surface area contributed by atoms with Gasteiger partial charge in [0, 0.05) is 28.6 Å². The van der Waals surface area contributed by atoms with Crippen molar-refractivity contribution in [3.05, 3.63) is 93.9 Å². The van der Waals surface area contributed by atoms with Crippen molar-refractivity contribution in [2.75, 3.05) is 6.61 Å². The van der Waals surface area contributed by atoms with Crippen molar-refractivity contribution < 1.29 is 9.53 Å². The molecule has 1 saturated carbocycles. The van der Waals surface area contributed by atoms with E-state index in [0.717, 1.165) is 46.3 Å².